The number of methoxy groups -OCH3 is 2. The first-order chi connectivity index (χ1) is 15.9. The molecular weight excluding hydrogens is 422 g/mol. The monoisotopic (exact) mass is 453 g/mol. The highest BCUT2D eigenvalue weighted by molar-refractivity contribution is 5.69. The molecule has 0 saturated heterocycles. The molecule has 0 bridgehead atoms. The fraction of sp³-hybridized carbons (Fsp3) is 0.385. The van der Waals surface area contributed by atoms with Gasteiger partial charge in [-0.25, -0.2) is 4.98 Å². The van der Waals surface area contributed by atoms with E-state index in [1.807, 2.05) is 37.3 Å². The van der Waals surface area contributed by atoms with Gasteiger partial charge in [-0.3, -0.25) is 4.79 Å². The van der Waals surface area contributed by atoms with E-state index in [9.17, 15) is 9.90 Å². The van der Waals surface area contributed by atoms with Crippen molar-refractivity contribution in [3.8, 4) is 11.5 Å². The van der Waals surface area contributed by atoms with Crippen molar-refractivity contribution >= 4 is 5.97 Å². The Balaban J connectivity index is 1.81. The molecule has 0 spiro atoms. The summed E-state index contributed by atoms with van der Waals surface area (Å²) in [6.07, 6.45) is 3.28. The number of oxazole rings is 1. The summed E-state index contributed by atoms with van der Waals surface area (Å²) in [6, 6.07) is 13.9. The van der Waals surface area contributed by atoms with E-state index in [2.05, 4.69) is 17.1 Å². The molecule has 0 fully saturated rings. The van der Waals surface area contributed by atoms with Gasteiger partial charge in [0.1, 0.15) is 23.7 Å². The predicted octanol–water partition coefficient (Wildman–Crippen LogP) is 4.54. The molecule has 3 rings (SSSR count). The van der Waals surface area contributed by atoms with Gasteiger partial charge >= 0.3 is 5.97 Å². The number of carbonyl (C=O) groups is 1. The lowest BCUT2D eigenvalue weighted by atomic mass is 9.87. The van der Waals surface area contributed by atoms with Crippen LogP contribution in [0.5, 0.6) is 11.5 Å². The van der Waals surface area contributed by atoms with Gasteiger partial charge in [0.05, 0.1) is 26.5 Å². The highest BCUT2D eigenvalue weighted by atomic mass is 16.5. The average Bonchev–Trinajstić information content (AvgIpc) is 3.24. The zero-order chi connectivity index (χ0) is 23.8. The van der Waals surface area contributed by atoms with Gasteiger partial charge in [0.25, 0.3) is 0 Å². The lowest BCUT2D eigenvalue weighted by Gasteiger charge is -2.24. The SMILES string of the molecule is COc1cc(C(O)C(CCCc2ccccc2)Cc2ncc(CC(=O)O)o2)cc(OC)c1C. The molecule has 2 N–H and O–H groups in total. The third-order valence-electron chi connectivity index (χ3n) is 5.81. The van der Waals surface area contributed by atoms with Crippen molar-refractivity contribution in [3.05, 3.63) is 77.0 Å². The van der Waals surface area contributed by atoms with Crippen LogP contribution in [0.2, 0.25) is 0 Å². The Kier molecular flexibility index (Phi) is 8.49. The van der Waals surface area contributed by atoms with Crippen LogP contribution >= 0.6 is 0 Å². The van der Waals surface area contributed by atoms with E-state index in [0.717, 1.165) is 24.8 Å². The van der Waals surface area contributed by atoms with Crippen molar-refractivity contribution in [2.75, 3.05) is 14.2 Å². The Hall–Kier alpha value is -3.32. The van der Waals surface area contributed by atoms with E-state index in [0.29, 0.717) is 35.1 Å². The minimum absolute atomic E-state index is 0.192. The van der Waals surface area contributed by atoms with E-state index in [4.69, 9.17) is 19.0 Å². The Labute approximate surface area is 194 Å². The van der Waals surface area contributed by atoms with Crippen LogP contribution in [0, 0.1) is 12.8 Å². The number of aryl methyl sites for hydroxylation is 1. The Bertz CT molecular complexity index is 1020. The van der Waals surface area contributed by atoms with E-state index >= 15 is 0 Å². The lowest BCUT2D eigenvalue weighted by Crippen LogP contribution is -2.17. The fourth-order valence-electron chi connectivity index (χ4n) is 4.03. The molecule has 3 aromatic rings. The Morgan fingerprint density at radius 1 is 1.12 bits per heavy atom. The number of hydrogen-bond donors (Lipinski definition) is 2. The number of aliphatic carboxylic acids is 1. The number of aromatic nitrogens is 1. The van der Waals surface area contributed by atoms with Crippen LogP contribution in [0.25, 0.3) is 0 Å². The van der Waals surface area contributed by atoms with Crippen LogP contribution in [0.3, 0.4) is 0 Å². The first-order valence-electron chi connectivity index (χ1n) is 11.0. The first kappa shape index (κ1) is 24.3. The van der Waals surface area contributed by atoms with E-state index in [1.165, 1.54) is 11.8 Å². The highest BCUT2D eigenvalue weighted by Crippen LogP contribution is 2.36. The topological polar surface area (TPSA) is 102 Å². The maximum absolute atomic E-state index is 11.3. The molecule has 176 valence electrons. The molecule has 0 radical (unpaired) electrons. The fourth-order valence-corrected chi connectivity index (χ4v) is 4.03. The maximum Gasteiger partial charge on any atom is 0.311 e. The second-order valence-electron chi connectivity index (χ2n) is 8.13. The summed E-state index contributed by atoms with van der Waals surface area (Å²) in [5, 5.41) is 20.3. The van der Waals surface area contributed by atoms with Gasteiger partial charge in [0.15, 0.2) is 5.89 Å². The molecule has 2 unspecified atom stereocenters. The smallest absolute Gasteiger partial charge is 0.311 e. The van der Waals surface area contributed by atoms with Crippen LogP contribution in [-0.2, 0) is 24.1 Å². The van der Waals surface area contributed by atoms with Gasteiger partial charge in [-0.15, -0.1) is 0 Å². The third-order valence-corrected chi connectivity index (χ3v) is 5.81. The largest absolute Gasteiger partial charge is 0.496 e. The summed E-state index contributed by atoms with van der Waals surface area (Å²) < 4.78 is 16.6. The van der Waals surface area contributed by atoms with Crippen LogP contribution in [-0.4, -0.2) is 35.4 Å². The predicted molar refractivity (Wildman–Crippen MR) is 124 cm³/mol. The normalized spacial score (nSPS) is 12.8. The summed E-state index contributed by atoms with van der Waals surface area (Å²) in [5.41, 5.74) is 2.79. The summed E-state index contributed by atoms with van der Waals surface area (Å²) in [7, 11) is 3.18. The van der Waals surface area contributed by atoms with Crippen molar-refractivity contribution in [1.82, 2.24) is 4.98 Å². The molecule has 0 aliphatic heterocycles. The van der Waals surface area contributed by atoms with Gasteiger partial charge in [-0.2, -0.15) is 0 Å². The van der Waals surface area contributed by atoms with Gasteiger partial charge in [0.2, 0.25) is 0 Å². The molecule has 2 aromatic carbocycles. The molecule has 1 aromatic heterocycles. The number of ether oxygens (including phenoxy) is 2. The molecule has 0 aliphatic rings. The minimum Gasteiger partial charge on any atom is -0.496 e. The molecule has 2 atom stereocenters. The van der Waals surface area contributed by atoms with Crippen LogP contribution in [0.1, 0.15) is 47.3 Å². The summed E-state index contributed by atoms with van der Waals surface area (Å²) >= 11 is 0. The van der Waals surface area contributed by atoms with Crippen LogP contribution in [0.15, 0.2) is 53.1 Å². The van der Waals surface area contributed by atoms with Crippen LogP contribution in [0.4, 0.5) is 0 Å². The zero-order valence-electron chi connectivity index (χ0n) is 19.3. The third kappa shape index (κ3) is 6.58. The molecule has 0 amide bonds. The van der Waals surface area contributed by atoms with E-state index in [1.54, 1.807) is 14.2 Å². The van der Waals surface area contributed by atoms with Gasteiger partial charge in [-0.05, 0) is 55.4 Å². The number of hydrogen-bond acceptors (Lipinski definition) is 6. The molecule has 0 aliphatic carbocycles. The Morgan fingerprint density at radius 3 is 2.39 bits per heavy atom. The summed E-state index contributed by atoms with van der Waals surface area (Å²) in [5.74, 6) is 0.838. The highest BCUT2D eigenvalue weighted by Gasteiger charge is 2.25. The average molecular weight is 454 g/mol. The standard InChI is InChI=1S/C26H31NO6/c1-17-22(31-2)12-20(13-23(17)32-3)26(30)19(11-7-10-18-8-5-4-6-9-18)14-24-27-16-21(33-24)15-25(28)29/h4-6,8-9,12-13,16,19,26,30H,7,10-11,14-15H2,1-3H3,(H,28,29). The minimum atomic E-state index is -0.976. The number of aliphatic hydroxyl groups is 1. The lowest BCUT2D eigenvalue weighted by molar-refractivity contribution is -0.136. The first-order valence-corrected chi connectivity index (χ1v) is 11.0. The van der Waals surface area contributed by atoms with Gasteiger partial charge < -0.3 is 24.1 Å². The van der Waals surface area contributed by atoms with Crippen molar-refractivity contribution in [2.45, 2.75) is 45.1 Å². The number of rotatable bonds is 12. The molecular formula is C26H31NO6. The molecule has 0 saturated carbocycles. The molecule has 7 nitrogen and oxygen atoms in total. The quantitative estimate of drug-likeness (QED) is 0.415. The van der Waals surface area contributed by atoms with E-state index in [-0.39, 0.29) is 12.3 Å². The van der Waals surface area contributed by atoms with Crippen molar-refractivity contribution in [3.63, 3.8) is 0 Å². The molecule has 7 heteroatoms. The number of carboxylic acid groups (broad SMARTS) is 1. The summed E-state index contributed by atoms with van der Waals surface area (Å²) in [4.78, 5) is 15.2. The van der Waals surface area contributed by atoms with Crippen molar-refractivity contribution in [1.29, 1.82) is 0 Å². The second-order valence-corrected chi connectivity index (χ2v) is 8.13. The number of nitrogens with zero attached hydrogens (tertiary/aromatic N) is 1. The molecule has 1 heterocycles. The van der Waals surface area contributed by atoms with E-state index < -0.39 is 12.1 Å². The molecule has 33 heavy (non-hydrogen) atoms. The van der Waals surface area contributed by atoms with Gasteiger partial charge in [-0.1, -0.05) is 30.3 Å². The van der Waals surface area contributed by atoms with Crippen molar-refractivity contribution in [2.24, 2.45) is 5.92 Å². The second kappa shape index (κ2) is 11.5. The number of benzene rings is 2. The summed E-state index contributed by atoms with van der Waals surface area (Å²) in [6.45, 7) is 1.90. The Morgan fingerprint density at radius 2 is 1.79 bits per heavy atom. The van der Waals surface area contributed by atoms with Crippen LogP contribution < -0.4 is 9.47 Å². The number of aliphatic hydroxyl groups excluding tert-OH is 1. The van der Waals surface area contributed by atoms with Crippen molar-refractivity contribution < 1.29 is 28.9 Å². The zero-order valence-corrected chi connectivity index (χ0v) is 19.3. The maximum atomic E-state index is 11.3. The van der Waals surface area contributed by atoms with Gasteiger partial charge in [0, 0.05) is 12.0 Å². The number of carboxylic acids is 1.